The third kappa shape index (κ3) is 6.86. The first-order chi connectivity index (χ1) is 13.7. The Hall–Kier alpha value is -2.95. The number of aliphatic hydroxyl groups excluding tert-OH is 1. The van der Waals surface area contributed by atoms with Gasteiger partial charge in [0.25, 0.3) is 10.0 Å². The van der Waals surface area contributed by atoms with E-state index in [1.54, 1.807) is 24.3 Å². The Kier molecular flexibility index (Phi) is 7.71. The SMILES string of the molecule is Cc1ccc(NS(=O)(=O)c2ccc(NC(=O)CC(NCCO)C(=O)O)cc2)cc1. The van der Waals surface area contributed by atoms with Gasteiger partial charge in [0.1, 0.15) is 6.04 Å². The maximum Gasteiger partial charge on any atom is 0.321 e. The van der Waals surface area contributed by atoms with E-state index in [1.807, 2.05) is 6.92 Å². The van der Waals surface area contributed by atoms with Gasteiger partial charge in [0, 0.05) is 17.9 Å². The number of carbonyl (C=O) groups excluding carboxylic acids is 1. The van der Waals surface area contributed by atoms with Gasteiger partial charge in [0.05, 0.1) is 17.9 Å². The van der Waals surface area contributed by atoms with Crippen molar-refractivity contribution in [1.82, 2.24) is 5.32 Å². The lowest BCUT2D eigenvalue weighted by atomic mass is 10.2. The lowest BCUT2D eigenvalue weighted by Crippen LogP contribution is -2.41. The van der Waals surface area contributed by atoms with Crippen LogP contribution in [0.1, 0.15) is 12.0 Å². The Labute approximate surface area is 168 Å². The molecule has 0 aliphatic carbocycles. The molecule has 2 aromatic carbocycles. The summed E-state index contributed by atoms with van der Waals surface area (Å²) in [6.45, 7) is 1.69. The van der Waals surface area contributed by atoms with Gasteiger partial charge < -0.3 is 20.8 Å². The molecular formula is C19H23N3O6S. The zero-order chi connectivity index (χ0) is 21.4. The number of benzene rings is 2. The molecule has 1 atom stereocenters. The Morgan fingerprint density at radius 1 is 1.00 bits per heavy atom. The van der Waals surface area contributed by atoms with Crippen molar-refractivity contribution in [2.75, 3.05) is 23.2 Å². The van der Waals surface area contributed by atoms with Crippen LogP contribution in [-0.2, 0) is 19.6 Å². The lowest BCUT2D eigenvalue weighted by Gasteiger charge is -2.14. The number of amides is 1. The van der Waals surface area contributed by atoms with Gasteiger partial charge in [-0.25, -0.2) is 8.42 Å². The number of hydrogen-bond donors (Lipinski definition) is 5. The van der Waals surface area contributed by atoms with Crippen molar-refractivity contribution in [3.8, 4) is 0 Å². The summed E-state index contributed by atoms with van der Waals surface area (Å²) in [7, 11) is -3.79. The maximum absolute atomic E-state index is 12.4. The van der Waals surface area contributed by atoms with E-state index >= 15 is 0 Å². The molecule has 0 aliphatic heterocycles. The standard InChI is InChI=1S/C19H23N3O6S/c1-13-2-4-15(5-3-13)22-29(27,28)16-8-6-14(7-9-16)21-18(24)12-17(19(25)26)20-10-11-23/h2-9,17,20,22-23H,10-12H2,1H3,(H,21,24)(H,25,26). The van der Waals surface area contributed by atoms with Gasteiger partial charge in [-0.2, -0.15) is 0 Å². The van der Waals surface area contributed by atoms with Crippen LogP contribution in [0.3, 0.4) is 0 Å². The van der Waals surface area contributed by atoms with Crippen LogP contribution in [0.4, 0.5) is 11.4 Å². The summed E-state index contributed by atoms with van der Waals surface area (Å²) in [5, 5.41) is 22.9. The lowest BCUT2D eigenvalue weighted by molar-refractivity contribution is -0.141. The quantitative estimate of drug-likeness (QED) is 0.387. The number of sulfonamides is 1. The first kappa shape index (κ1) is 22.3. The van der Waals surface area contributed by atoms with Gasteiger partial charge in [-0.05, 0) is 43.3 Å². The van der Waals surface area contributed by atoms with Crippen LogP contribution in [0.25, 0.3) is 0 Å². The van der Waals surface area contributed by atoms with E-state index in [-0.39, 0.29) is 24.5 Å². The van der Waals surface area contributed by atoms with E-state index in [0.29, 0.717) is 11.4 Å². The Morgan fingerprint density at radius 2 is 1.59 bits per heavy atom. The van der Waals surface area contributed by atoms with E-state index in [1.165, 1.54) is 24.3 Å². The molecule has 0 radical (unpaired) electrons. The molecule has 0 saturated heterocycles. The Bertz CT molecular complexity index is 943. The average Bonchev–Trinajstić information content (AvgIpc) is 2.67. The molecule has 2 aromatic rings. The van der Waals surface area contributed by atoms with Crippen molar-refractivity contribution in [2.45, 2.75) is 24.3 Å². The second kappa shape index (κ2) is 10.0. The average molecular weight is 421 g/mol. The summed E-state index contributed by atoms with van der Waals surface area (Å²) in [6, 6.07) is 11.3. The summed E-state index contributed by atoms with van der Waals surface area (Å²) >= 11 is 0. The van der Waals surface area contributed by atoms with Gasteiger partial charge in [-0.1, -0.05) is 17.7 Å². The molecule has 29 heavy (non-hydrogen) atoms. The number of carbonyl (C=O) groups is 2. The predicted octanol–water partition coefficient (Wildman–Crippen LogP) is 1.16. The summed E-state index contributed by atoms with van der Waals surface area (Å²) in [5.74, 6) is -1.77. The molecule has 0 bridgehead atoms. The highest BCUT2D eigenvalue weighted by Crippen LogP contribution is 2.19. The molecule has 1 amide bonds. The van der Waals surface area contributed by atoms with Crippen molar-refractivity contribution >= 4 is 33.3 Å². The number of aliphatic carboxylic acids is 1. The molecule has 0 aliphatic rings. The van der Waals surface area contributed by atoms with E-state index in [2.05, 4.69) is 15.4 Å². The molecule has 0 saturated carbocycles. The van der Waals surface area contributed by atoms with Crippen molar-refractivity contribution in [2.24, 2.45) is 0 Å². The van der Waals surface area contributed by atoms with Crippen molar-refractivity contribution in [3.05, 3.63) is 54.1 Å². The normalized spacial score (nSPS) is 12.2. The molecule has 2 rings (SSSR count). The van der Waals surface area contributed by atoms with E-state index < -0.39 is 27.9 Å². The van der Waals surface area contributed by atoms with Crippen LogP contribution < -0.4 is 15.4 Å². The molecule has 10 heteroatoms. The number of rotatable bonds is 10. The number of carboxylic acids is 1. The third-order valence-electron chi connectivity index (χ3n) is 3.94. The van der Waals surface area contributed by atoms with Crippen molar-refractivity contribution < 1.29 is 28.2 Å². The molecule has 5 N–H and O–H groups in total. The van der Waals surface area contributed by atoms with Crippen LogP contribution in [0, 0.1) is 6.92 Å². The first-order valence-corrected chi connectivity index (χ1v) is 10.3. The summed E-state index contributed by atoms with van der Waals surface area (Å²) in [5.41, 5.74) is 1.77. The fraction of sp³-hybridized carbons (Fsp3) is 0.263. The first-order valence-electron chi connectivity index (χ1n) is 8.78. The van der Waals surface area contributed by atoms with Gasteiger partial charge in [-0.15, -0.1) is 0 Å². The fourth-order valence-electron chi connectivity index (χ4n) is 2.44. The van der Waals surface area contributed by atoms with E-state index in [4.69, 9.17) is 10.2 Å². The molecule has 0 aromatic heterocycles. The molecule has 0 fully saturated rings. The van der Waals surface area contributed by atoms with Gasteiger partial charge in [-0.3, -0.25) is 14.3 Å². The highest BCUT2D eigenvalue weighted by Gasteiger charge is 2.20. The number of anilines is 2. The third-order valence-corrected chi connectivity index (χ3v) is 5.34. The van der Waals surface area contributed by atoms with Crippen molar-refractivity contribution in [3.63, 3.8) is 0 Å². The van der Waals surface area contributed by atoms with Gasteiger partial charge >= 0.3 is 5.97 Å². The number of aryl methyl sites for hydroxylation is 1. The van der Waals surface area contributed by atoms with Crippen molar-refractivity contribution in [1.29, 1.82) is 0 Å². The fourth-order valence-corrected chi connectivity index (χ4v) is 3.49. The second-order valence-corrected chi connectivity index (χ2v) is 8.00. The van der Waals surface area contributed by atoms with E-state index in [9.17, 15) is 18.0 Å². The highest BCUT2D eigenvalue weighted by molar-refractivity contribution is 7.92. The number of aliphatic hydroxyl groups is 1. The summed E-state index contributed by atoms with van der Waals surface area (Å²) in [6.07, 6.45) is -0.343. The monoisotopic (exact) mass is 421 g/mol. The number of nitrogens with one attached hydrogen (secondary N) is 3. The zero-order valence-corrected chi connectivity index (χ0v) is 16.6. The zero-order valence-electron chi connectivity index (χ0n) is 15.8. The Balaban J connectivity index is 2.00. The smallest absolute Gasteiger partial charge is 0.321 e. The summed E-state index contributed by atoms with van der Waals surface area (Å²) < 4.78 is 27.4. The molecule has 9 nitrogen and oxygen atoms in total. The Morgan fingerprint density at radius 3 is 2.14 bits per heavy atom. The maximum atomic E-state index is 12.4. The minimum atomic E-state index is -3.79. The van der Waals surface area contributed by atoms with Gasteiger partial charge in [0.2, 0.25) is 5.91 Å². The van der Waals surface area contributed by atoms with Gasteiger partial charge in [0.15, 0.2) is 0 Å². The predicted molar refractivity (Wildman–Crippen MR) is 108 cm³/mol. The van der Waals surface area contributed by atoms with Crippen LogP contribution in [0.2, 0.25) is 0 Å². The van der Waals surface area contributed by atoms with E-state index in [0.717, 1.165) is 5.56 Å². The van der Waals surface area contributed by atoms with Crippen LogP contribution >= 0.6 is 0 Å². The summed E-state index contributed by atoms with van der Waals surface area (Å²) in [4.78, 5) is 23.2. The second-order valence-electron chi connectivity index (χ2n) is 6.32. The number of hydrogen-bond acceptors (Lipinski definition) is 6. The van der Waals surface area contributed by atoms with Crippen LogP contribution in [0.5, 0.6) is 0 Å². The topological polar surface area (TPSA) is 145 Å². The van der Waals surface area contributed by atoms with Crippen LogP contribution in [0.15, 0.2) is 53.4 Å². The number of carboxylic acid groups (broad SMARTS) is 1. The highest BCUT2D eigenvalue weighted by atomic mass is 32.2. The molecule has 0 heterocycles. The molecule has 0 spiro atoms. The molecule has 1 unspecified atom stereocenters. The molecular weight excluding hydrogens is 398 g/mol. The minimum Gasteiger partial charge on any atom is -0.480 e. The largest absolute Gasteiger partial charge is 0.480 e. The molecule has 156 valence electrons. The van der Waals surface area contributed by atoms with Crippen LogP contribution in [-0.4, -0.2) is 49.7 Å². The minimum absolute atomic E-state index is 0.0177.